The standard InChI is InChI=1S/C42H50N2O15/c1-22-28-20-27(57-42-36(50)32(46)34(48)38(59-42)40(53)54)14-15-29(28)44(21-23-6-10-25(11-7-23)55-19-18-43-16-4-2-3-5-17-43)30(22)24-8-12-26(13-9-24)56-41-35(49)31(45)33(47)37(58-41)39(51)52/h6-15,20,31-38,41-42,45-50H,2-5,16-19,21H2,1H3,(H,51,52)(H,53,54)/t31-,32-,33-,34-,35+,36+,37-,38-,41+,42+/m0/s1. The van der Waals surface area contributed by atoms with E-state index >= 15 is 0 Å². The van der Waals surface area contributed by atoms with Crippen LogP contribution in [0.4, 0.5) is 0 Å². The van der Waals surface area contributed by atoms with E-state index in [1.54, 1.807) is 42.5 Å². The Bertz CT molecular complexity index is 2070. The SMILES string of the molecule is Cc1c(-c2ccc(O[C@@H]3O[C@H](C(=O)O)[C@@H](O)[C@H](O)[C@H]3O)cc2)n(Cc2ccc(OCCN3CCCCCC3)cc2)c2ccc(O[C@@H]3O[C@H](C(=O)O)[C@@H](O)[C@H](O)[C@H]3O)cc12. The number of aliphatic hydroxyl groups is 6. The van der Waals surface area contributed by atoms with Gasteiger partial charge < -0.3 is 69.1 Å². The van der Waals surface area contributed by atoms with Crippen LogP contribution < -0.4 is 14.2 Å². The number of ether oxygens (including phenoxy) is 5. The van der Waals surface area contributed by atoms with Crippen LogP contribution in [-0.4, -0.2) is 150 Å². The van der Waals surface area contributed by atoms with Crippen molar-refractivity contribution in [1.29, 1.82) is 0 Å². The van der Waals surface area contributed by atoms with E-state index in [9.17, 15) is 50.4 Å². The minimum Gasteiger partial charge on any atom is -0.492 e. The summed E-state index contributed by atoms with van der Waals surface area (Å²) in [4.78, 5) is 25.7. The molecule has 4 heterocycles. The molecule has 17 heteroatoms. The van der Waals surface area contributed by atoms with E-state index in [0.717, 1.165) is 58.7 Å². The quantitative estimate of drug-likeness (QED) is 0.0951. The molecule has 3 saturated heterocycles. The summed E-state index contributed by atoms with van der Waals surface area (Å²) in [6, 6.07) is 19.7. The fourth-order valence-corrected chi connectivity index (χ4v) is 7.90. The molecule has 10 atom stereocenters. The average molecular weight is 823 g/mol. The molecule has 0 radical (unpaired) electrons. The first-order valence-corrected chi connectivity index (χ1v) is 19.7. The van der Waals surface area contributed by atoms with E-state index in [2.05, 4.69) is 9.47 Å². The molecule has 1 aromatic heterocycles. The lowest BCUT2D eigenvalue weighted by molar-refractivity contribution is -0.271. The highest BCUT2D eigenvalue weighted by Crippen LogP contribution is 2.38. The van der Waals surface area contributed by atoms with Gasteiger partial charge in [0, 0.05) is 24.0 Å². The van der Waals surface area contributed by atoms with Gasteiger partial charge in [-0.3, -0.25) is 4.90 Å². The molecule has 0 amide bonds. The Balaban J connectivity index is 1.15. The minimum absolute atomic E-state index is 0.186. The van der Waals surface area contributed by atoms with Gasteiger partial charge in [-0.25, -0.2) is 9.59 Å². The molecule has 0 spiro atoms. The number of hydrogen-bond acceptors (Lipinski definition) is 14. The number of carbonyl (C=O) groups is 2. The summed E-state index contributed by atoms with van der Waals surface area (Å²) in [5.74, 6) is -1.92. The third-order valence-electron chi connectivity index (χ3n) is 11.2. The predicted octanol–water partition coefficient (Wildman–Crippen LogP) is 1.46. The number of aryl methyl sites for hydroxylation is 1. The summed E-state index contributed by atoms with van der Waals surface area (Å²) in [7, 11) is 0. The normalized spacial score (nSPS) is 29.1. The van der Waals surface area contributed by atoms with Crippen LogP contribution in [0.5, 0.6) is 17.2 Å². The fraction of sp³-hybridized carbons (Fsp3) is 0.476. The van der Waals surface area contributed by atoms with Crippen molar-refractivity contribution in [2.75, 3.05) is 26.2 Å². The highest BCUT2D eigenvalue weighted by molar-refractivity contribution is 5.92. The number of rotatable bonds is 13. The van der Waals surface area contributed by atoms with Gasteiger partial charge in [0.15, 0.2) is 12.2 Å². The Morgan fingerprint density at radius 1 is 0.661 bits per heavy atom. The molecule has 4 aromatic rings. The molecular formula is C42H50N2O15. The second kappa shape index (κ2) is 18.2. The zero-order valence-corrected chi connectivity index (χ0v) is 32.3. The first-order valence-electron chi connectivity index (χ1n) is 19.7. The Morgan fingerprint density at radius 3 is 1.75 bits per heavy atom. The Hall–Kier alpha value is -4.82. The number of benzene rings is 3. The summed E-state index contributed by atoms with van der Waals surface area (Å²) >= 11 is 0. The monoisotopic (exact) mass is 822 g/mol. The first-order chi connectivity index (χ1) is 28.3. The summed E-state index contributed by atoms with van der Waals surface area (Å²) in [5.41, 5.74) is 4.09. The smallest absolute Gasteiger partial charge is 0.335 e. The van der Waals surface area contributed by atoms with Gasteiger partial charge >= 0.3 is 11.9 Å². The van der Waals surface area contributed by atoms with Crippen LogP contribution in [0, 0.1) is 6.92 Å². The van der Waals surface area contributed by atoms with Gasteiger partial charge in [-0.15, -0.1) is 0 Å². The van der Waals surface area contributed by atoms with Crippen LogP contribution in [0.3, 0.4) is 0 Å². The van der Waals surface area contributed by atoms with E-state index in [1.807, 2.05) is 31.2 Å². The molecule has 17 nitrogen and oxygen atoms in total. The molecule has 0 unspecified atom stereocenters. The maximum atomic E-state index is 11.7. The van der Waals surface area contributed by atoms with Gasteiger partial charge in [0.2, 0.25) is 12.6 Å². The maximum absolute atomic E-state index is 11.7. The molecule has 0 aliphatic carbocycles. The van der Waals surface area contributed by atoms with Crippen LogP contribution in [0.2, 0.25) is 0 Å². The number of fused-ring (bicyclic) bond motifs is 1. The van der Waals surface area contributed by atoms with Crippen molar-refractivity contribution < 1.29 is 74.1 Å². The predicted molar refractivity (Wildman–Crippen MR) is 208 cm³/mol. The van der Waals surface area contributed by atoms with Gasteiger partial charge in [-0.1, -0.05) is 25.0 Å². The van der Waals surface area contributed by atoms with Crippen molar-refractivity contribution in [3.8, 4) is 28.5 Å². The van der Waals surface area contributed by atoms with Gasteiger partial charge in [0.1, 0.15) is 60.5 Å². The molecule has 0 saturated carbocycles. The van der Waals surface area contributed by atoms with Gasteiger partial charge in [-0.2, -0.15) is 0 Å². The van der Waals surface area contributed by atoms with Crippen LogP contribution in [0.25, 0.3) is 22.2 Å². The number of carboxylic acids is 2. The number of aliphatic carboxylic acids is 2. The van der Waals surface area contributed by atoms with Crippen LogP contribution >= 0.6 is 0 Å². The van der Waals surface area contributed by atoms with Crippen molar-refractivity contribution in [3.63, 3.8) is 0 Å². The summed E-state index contributed by atoms with van der Waals surface area (Å²) in [6.45, 7) is 5.96. The van der Waals surface area contributed by atoms with Gasteiger partial charge in [0.25, 0.3) is 0 Å². The van der Waals surface area contributed by atoms with Crippen LogP contribution in [0.1, 0.15) is 36.8 Å². The summed E-state index contributed by atoms with van der Waals surface area (Å²) < 4.78 is 30.4. The Labute approximate surface area is 339 Å². The lowest BCUT2D eigenvalue weighted by Crippen LogP contribution is -2.61. The molecule has 59 heavy (non-hydrogen) atoms. The number of aliphatic hydroxyl groups excluding tert-OH is 6. The van der Waals surface area contributed by atoms with Crippen LogP contribution in [0.15, 0.2) is 66.7 Å². The zero-order valence-electron chi connectivity index (χ0n) is 32.3. The minimum atomic E-state index is -1.87. The van der Waals surface area contributed by atoms with Crippen molar-refractivity contribution in [2.24, 2.45) is 0 Å². The molecule has 7 rings (SSSR count). The van der Waals surface area contributed by atoms with E-state index < -0.39 is 73.4 Å². The average Bonchev–Trinajstić information content (AvgIpc) is 3.34. The first kappa shape index (κ1) is 42.3. The second-order valence-corrected chi connectivity index (χ2v) is 15.2. The van der Waals surface area contributed by atoms with Crippen molar-refractivity contribution >= 4 is 22.8 Å². The number of aromatic nitrogens is 1. The number of hydrogen-bond donors (Lipinski definition) is 8. The molecular weight excluding hydrogens is 772 g/mol. The Morgan fingerprint density at radius 2 is 1.19 bits per heavy atom. The highest BCUT2D eigenvalue weighted by Gasteiger charge is 2.49. The highest BCUT2D eigenvalue weighted by atomic mass is 16.7. The largest absolute Gasteiger partial charge is 0.492 e. The molecule has 318 valence electrons. The van der Waals surface area contributed by atoms with E-state index in [1.165, 1.54) is 25.7 Å². The Kier molecular flexibility index (Phi) is 13.1. The molecule has 3 aromatic carbocycles. The third-order valence-corrected chi connectivity index (χ3v) is 11.2. The van der Waals surface area contributed by atoms with Crippen molar-refractivity contribution in [1.82, 2.24) is 9.47 Å². The molecule has 3 aliphatic heterocycles. The molecule has 3 fully saturated rings. The van der Waals surface area contributed by atoms with E-state index in [0.29, 0.717) is 13.2 Å². The van der Waals surface area contributed by atoms with Crippen LogP contribution in [-0.2, 0) is 25.6 Å². The number of likely N-dealkylation sites (tertiary alicyclic amines) is 1. The summed E-state index contributed by atoms with van der Waals surface area (Å²) in [6.07, 6.45) is -12.8. The second-order valence-electron chi connectivity index (χ2n) is 15.2. The number of nitrogens with zero attached hydrogens (tertiary/aromatic N) is 2. The maximum Gasteiger partial charge on any atom is 0.335 e. The summed E-state index contributed by atoms with van der Waals surface area (Å²) in [5, 5.41) is 81.5. The van der Waals surface area contributed by atoms with Crippen molar-refractivity contribution in [3.05, 3.63) is 77.9 Å². The molecule has 0 bridgehead atoms. The zero-order chi connectivity index (χ0) is 42.0. The van der Waals surface area contributed by atoms with Gasteiger partial charge in [-0.05, 0) is 104 Å². The van der Waals surface area contributed by atoms with Crippen molar-refractivity contribution in [2.45, 2.75) is 101 Å². The molecule has 8 N–H and O–H groups in total. The topological polar surface area (TPSA) is 250 Å². The van der Waals surface area contributed by atoms with E-state index in [-0.39, 0.29) is 11.5 Å². The lowest BCUT2D eigenvalue weighted by atomic mass is 9.99. The third kappa shape index (κ3) is 9.18. The number of carboxylic acid groups (broad SMARTS) is 2. The van der Waals surface area contributed by atoms with Gasteiger partial charge in [0.05, 0.1) is 5.69 Å². The van der Waals surface area contributed by atoms with E-state index in [4.69, 9.17) is 23.7 Å². The lowest BCUT2D eigenvalue weighted by Gasteiger charge is -2.38. The molecule has 3 aliphatic rings. The fourth-order valence-electron chi connectivity index (χ4n) is 7.90.